The largest absolute Gasteiger partial charge is 0.508 e. The van der Waals surface area contributed by atoms with Crippen LogP contribution in [-0.4, -0.2) is 35.5 Å². The molecule has 0 aliphatic carbocycles. The van der Waals surface area contributed by atoms with Crippen LogP contribution in [0.4, 0.5) is 0 Å². The van der Waals surface area contributed by atoms with Crippen molar-refractivity contribution in [1.82, 2.24) is 4.90 Å². The predicted molar refractivity (Wildman–Crippen MR) is 72.2 cm³/mol. The molecule has 0 bridgehead atoms. The highest BCUT2D eigenvalue weighted by molar-refractivity contribution is 5.81. The van der Waals surface area contributed by atoms with Crippen molar-refractivity contribution in [2.75, 3.05) is 13.6 Å². The van der Waals surface area contributed by atoms with Gasteiger partial charge in [-0.15, -0.1) is 0 Å². The van der Waals surface area contributed by atoms with Gasteiger partial charge in [0, 0.05) is 13.6 Å². The summed E-state index contributed by atoms with van der Waals surface area (Å²) < 4.78 is 0. The monoisotopic (exact) mass is 261 g/mol. The van der Waals surface area contributed by atoms with Crippen molar-refractivity contribution in [3.63, 3.8) is 0 Å². The Kier molecular flexibility index (Phi) is 5.34. The van der Waals surface area contributed by atoms with E-state index in [1.165, 1.54) is 4.90 Å². The molecule has 0 spiro atoms. The molecule has 19 heavy (non-hydrogen) atoms. The molecule has 1 amide bonds. The Hall–Kier alpha value is -2.06. The highest BCUT2D eigenvalue weighted by Crippen LogP contribution is 2.11. The van der Waals surface area contributed by atoms with Crippen molar-refractivity contribution < 1.29 is 9.90 Å². The molecule has 5 nitrogen and oxygen atoms in total. The van der Waals surface area contributed by atoms with E-state index < -0.39 is 6.04 Å². The average Bonchev–Trinajstić information content (AvgIpc) is 2.40. The van der Waals surface area contributed by atoms with Crippen LogP contribution in [0.25, 0.3) is 0 Å². The van der Waals surface area contributed by atoms with E-state index in [0.717, 1.165) is 5.56 Å². The van der Waals surface area contributed by atoms with E-state index in [4.69, 9.17) is 11.0 Å². The fourth-order valence-corrected chi connectivity index (χ4v) is 1.80. The predicted octanol–water partition coefficient (Wildman–Crippen LogP) is 0.880. The number of likely N-dealkylation sites (N-methyl/N-ethyl adjacent to an activating group) is 1. The van der Waals surface area contributed by atoms with E-state index in [0.29, 0.717) is 13.0 Å². The van der Waals surface area contributed by atoms with Gasteiger partial charge >= 0.3 is 0 Å². The average molecular weight is 261 g/mol. The first-order valence-electron chi connectivity index (χ1n) is 6.12. The normalized spacial score (nSPS) is 13.4. The van der Waals surface area contributed by atoms with Crippen LogP contribution in [0.1, 0.15) is 12.5 Å². The lowest BCUT2D eigenvalue weighted by Gasteiger charge is -2.22. The Labute approximate surface area is 113 Å². The summed E-state index contributed by atoms with van der Waals surface area (Å²) in [7, 11) is 1.65. The highest BCUT2D eigenvalue weighted by Gasteiger charge is 2.19. The molecule has 2 atom stereocenters. The number of carbonyl (C=O) groups is 1. The van der Waals surface area contributed by atoms with Crippen molar-refractivity contribution in [3.05, 3.63) is 29.8 Å². The molecular weight excluding hydrogens is 242 g/mol. The zero-order valence-electron chi connectivity index (χ0n) is 11.2. The highest BCUT2D eigenvalue weighted by atomic mass is 16.3. The molecule has 1 aromatic rings. The summed E-state index contributed by atoms with van der Waals surface area (Å²) in [6.45, 7) is 2.13. The maximum atomic E-state index is 12.0. The van der Waals surface area contributed by atoms with E-state index in [9.17, 15) is 9.90 Å². The number of amides is 1. The lowest BCUT2D eigenvalue weighted by molar-refractivity contribution is -0.131. The molecule has 1 aromatic carbocycles. The summed E-state index contributed by atoms with van der Waals surface area (Å²) in [6, 6.07) is 8.04. The van der Waals surface area contributed by atoms with E-state index in [1.807, 2.05) is 0 Å². The minimum absolute atomic E-state index is 0.184. The third kappa shape index (κ3) is 4.60. The van der Waals surface area contributed by atoms with Gasteiger partial charge in [0.15, 0.2) is 0 Å². The fraction of sp³-hybridized carbons (Fsp3) is 0.429. The number of phenols is 1. The number of hydrogen-bond acceptors (Lipinski definition) is 4. The molecule has 0 aliphatic rings. The first kappa shape index (κ1) is 15.0. The van der Waals surface area contributed by atoms with E-state index in [2.05, 4.69) is 6.07 Å². The number of aromatic hydroxyl groups is 1. The number of benzene rings is 1. The third-order valence-electron chi connectivity index (χ3n) is 2.85. The van der Waals surface area contributed by atoms with Crippen LogP contribution in [0.5, 0.6) is 5.75 Å². The Morgan fingerprint density at radius 1 is 1.47 bits per heavy atom. The second-order valence-corrected chi connectivity index (χ2v) is 4.73. The number of rotatable bonds is 5. The Morgan fingerprint density at radius 2 is 2.05 bits per heavy atom. The molecule has 0 aliphatic heterocycles. The van der Waals surface area contributed by atoms with Gasteiger partial charge in [0.25, 0.3) is 0 Å². The van der Waals surface area contributed by atoms with E-state index >= 15 is 0 Å². The van der Waals surface area contributed by atoms with Crippen LogP contribution >= 0.6 is 0 Å². The summed E-state index contributed by atoms with van der Waals surface area (Å²) in [5, 5.41) is 17.9. The lowest BCUT2D eigenvalue weighted by Crippen LogP contribution is -2.44. The topological polar surface area (TPSA) is 90.4 Å². The third-order valence-corrected chi connectivity index (χ3v) is 2.85. The van der Waals surface area contributed by atoms with Crippen LogP contribution in [0.3, 0.4) is 0 Å². The van der Waals surface area contributed by atoms with Crippen molar-refractivity contribution in [3.8, 4) is 11.8 Å². The Bertz CT molecular complexity index is 465. The van der Waals surface area contributed by atoms with Gasteiger partial charge < -0.3 is 15.7 Å². The number of hydrogen-bond donors (Lipinski definition) is 2. The van der Waals surface area contributed by atoms with Crippen LogP contribution in [-0.2, 0) is 11.2 Å². The first-order valence-corrected chi connectivity index (χ1v) is 6.12. The molecule has 0 saturated heterocycles. The number of carbonyl (C=O) groups excluding carboxylic acids is 1. The van der Waals surface area contributed by atoms with Crippen molar-refractivity contribution in [2.45, 2.75) is 19.4 Å². The van der Waals surface area contributed by atoms with Gasteiger partial charge in [0.1, 0.15) is 5.75 Å². The van der Waals surface area contributed by atoms with Crippen molar-refractivity contribution >= 4 is 5.91 Å². The molecule has 0 heterocycles. The fourth-order valence-electron chi connectivity index (χ4n) is 1.80. The van der Waals surface area contributed by atoms with Crippen LogP contribution in [0.15, 0.2) is 24.3 Å². The SMILES string of the molecule is CC(C#N)CN(C)C(=O)C(N)Cc1ccc(O)cc1. The minimum atomic E-state index is -0.638. The van der Waals surface area contributed by atoms with Gasteiger partial charge in [-0.05, 0) is 31.0 Å². The Balaban J connectivity index is 2.57. The Morgan fingerprint density at radius 3 is 2.58 bits per heavy atom. The molecular formula is C14H19N3O2. The molecule has 2 unspecified atom stereocenters. The van der Waals surface area contributed by atoms with Gasteiger partial charge in [-0.1, -0.05) is 12.1 Å². The van der Waals surface area contributed by atoms with Crippen molar-refractivity contribution in [1.29, 1.82) is 5.26 Å². The minimum Gasteiger partial charge on any atom is -0.508 e. The molecule has 0 aromatic heterocycles. The molecule has 0 fully saturated rings. The van der Waals surface area contributed by atoms with Crippen LogP contribution in [0.2, 0.25) is 0 Å². The lowest BCUT2D eigenvalue weighted by atomic mass is 10.0. The quantitative estimate of drug-likeness (QED) is 0.823. The van der Waals surface area contributed by atoms with Gasteiger partial charge in [0.2, 0.25) is 5.91 Å². The van der Waals surface area contributed by atoms with Gasteiger partial charge in [0.05, 0.1) is 18.0 Å². The molecule has 0 saturated carbocycles. The van der Waals surface area contributed by atoms with Crippen molar-refractivity contribution in [2.24, 2.45) is 11.7 Å². The molecule has 102 valence electrons. The van der Waals surface area contributed by atoms with Gasteiger partial charge in [-0.2, -0.15) is 5.26 Å². The molecule has 0 radical (unpaired) electrons. The summed E-state index contributed by atoms with van der Waals surface area (Å²) in [4.78, 5) is 13.5. The molecule has 5 heteroatoms. The summed E-state index contributed by atoms with van der Waals surface area (Å²) in [6.07, 6.45) is 0.407. The standard InChI is InChI=1S/C14H19N3O2/c1-10(8-15)9-17(2)14(19)13(16)7-11-3-5-12(18)6-4-11/h3-6,10,13,18H,7,9,16H2,1-2H3. The summed E-state index contributed by atoms with van der Waals surface area (Å²) >= 11 is 0. The number of nitriles is 1. The second kappa shape index (κ2) is 6.76. The number of phenolic OH excluding ortho intramolecular Hbond substituents is 1. The second-order valence-electron chi connectivity index (χ2n) is 4.73. The number of nitrogens with zero attached hydrogens (tertiary/aromatic N) is 2. The zero-order valence-corrected chi connectivity index (χ0v) is 11.2. The maximum Gasteiger partial charge on any atom is 0.239 e. The number of nitrogens with two attached hydrogens (primary N) is 1. The van der Waals surface area contributed by atoms with Crippen LogP contribution < -0.4 is 5.73 Å². The summed E-state index contributed by atoms with van der Waals surface area (Å²) in [5.41, 5.74) is 6.76. The smallest absolute Gasteiger partial charge is 0.239 e. The molecule has 3 N–H and O–H groups in total. The summed E-state index contributed by atoms with van der Waals surface area (Å²) in [5.74, 6) is -0.214. The van der Waals surface area contributed by atoms with E-state index in [-0.39, 0.29) is 17.6 Å². The van der Waals surface area contributed by atoms with E-state index in [1.54, 1.807) is 38.2 Å². The van der Waals surface area contributed by atoms with Gasteiger partial charge in [-0.3, -0.25) is 4.79 Å². The zero-order chi connectivity index (χ0) is 14.4. The first-order chi connectivity index (χ1) is 8.93. The van der Waals surface area contributed by atoms with Gasteiger partial charge in [-0.25, -0.2) is 0 Å². The maximum absolute atomic E-state index is 12.0. The molecule has 1 rings (SSSR count). The van der Waals surface area contributed by atoms with Crippen LogP contribution in [0, 0.1) is 17.2 Å².